The molecule has 0 bridgehead atoms. The van der Waals surface area contributed by atoms with E-state index < -0.39 is 0 Å². The van der Waals surface area contributed by atoms with Crippen LogP contribution in [0.3, 0.4) is 0 Å². The third-order valence-electron chi connectivity index (χ3n) is 2.50. The van der Waals surface area contributed by atoms with Gasteiger partial charge in [0, 0.05) is 11.6 Å². The molecule has 1 N–H and O–H groups in total. The molecule has 5 heteroatoms. The van der Waals surface area contributed by atoms with Crippen LogP contribution in [0.15, 0.2) is 36.0 Å². The summed E-state index contributed by atoms with van der Waals surface area (Å²) in [4.78, 5) is 4.17. The molecule has 0 aliphatic rings. The summed E-state index contributed by atoms with van der Waals surface area (Å²) in [6.07, 6.45) is 1.94. The van der Waals surface area contributed by atoms with E-state index in [0.717, 1.165) is 16.5 Å². The van der Waals surface area contributed by atoms with Crippen molar-refractivity contribution >= 4 is 22.4 Å². The molecule has 0 saturated carbocycles. The van der Waals surface area contributed by atoms with Gasteiger partial charge < -0.3 is 5.11 Å². The second kappa shape index (κ2) is 3.70. The van der Waals surface area contributed by atoms with E-state index in [9.17, 15) is 0 Å². The lowest BCUT2D eigenvalue weighted by Crippen LogP contribution is -1.93. The molecule has 3 aromatic rings. The predicted octanol–water partition coefficient (Wildman–Crippen LogP) is 1.97. The van der Waals surface area contributed by atoms with Crippen LogP contribution in [0.25, 0.3) is 16.9 Å². The van der Waals surface area contributed by atoms with Crippen LogP contribution >= 0.6 is 11.5 Å². The Hall–Kier alpha value is -1.72. The quantitative estimate of drug-likeness (QED) is 0.733. The maximum Gasteiger partial charge on any atom is 0.245 e. The standard InChI is InChI=1S/C11H9N3OS/c15-6-8-1-2-10-9(5-8)3-4-14(10)11-12-7-16-13-11/h1-5,7,15H,6H2. The van der Waals surface area contributed by atoms with Gasteiger partial charge in [0.05, 0.1) is 12.1 Å². The van der Waals surface area contributed by atoms with Crippen LogP contribution in [-0.2, 0) is 6.61 Å². The Morgan fingerprint density at radius 2 is 2.25 bits per heavy atom. The molecule has 0 fully saturated rings. The van der Waals surface area contributed by atoms with Gasteiger partial charge in [0.1, 0.15) is 5.51 Å². The van der Waals surface area contributed by atoms with Crippen molar-refractivity contribution in [3.63, 3.8) is 0 Å². The summed E-state index contributed by atoms with van der Waals surface area (Å²) in [6, 6.07) is 7.85. The monoisotopic (exact) mass is 231 g/mol. The average Bonchev–Trinajstić information content (AvgIpc) is 2.96. The summed E-state index contributed by atoms with van der Waals surface area (Å²) in [5, 5.41) is 10.1. The Bertz CT molecular complexity index is 615. The van der Waals surface area contributed by atoms with Crippen molar-refractivity contribution in [3.8, 4) is 5.95 Å². The molecule has 80 valence electrons. The Kier molecular flexibility index (Phi) is 2.19. The molecule has 0 radical (unpaired) electrons. The number of hydrogen-bond donors (Lipinski definition) is 1. The van der Waals surface area contributed by atoms with E-state index in [4.69, 9.17) is 5.11 Å². The first-order valence-electron chi connectivity index (χ1n) is 4.86. The molecule has 4 nitrogen and oxygen atoms in total. The van der Waals surface area contributed by atoms with Crippen molar-refractivity contribution in [1.29, 1.82) is 0 Å². The van der Waals surface area contributed by atoms with Gasteiger partial charge in [0.15, 0.2) is 0 Å². The Balaban J connectivity index is 2.21. The van der Waals surface area contributed by atoms with Crippen molar-refractivity contribution in [2.45, 2.75) is 6.61 Å². The first-order chi connectivity index (χ1) is 7.88. The molecule has 0 unspecified atom stereocenters. The summed E-state index contributed by atoms with van der Waals surface area (Å²) < 4.78 is 6.13. The van der Waals surface area contributed by atoms with Gasteiger partial charge in [0.25, 0.3) is 0 Å². The molecule has 0 aliphatic heterocycles. The second-order valence-corrected chi connectivity index (χ2v) is 4.07. The van der Waals surface area contributed by atoms with Crippen LogP contribution < -0.4 is 0 Å². The van der Waals surface area contributed by atoms with Crippen LogP contribution in [0, 0.1) is 0 Å². The number of aliphatic hydroxyl groups excluding tert-OH is 1. The number of rotatable bonds is 2. The van der Waals surface area contributed by atoms with Crippen molar-refractivity contribution < 1.29 is 5.11 Å². The molecule has 0 spiro atoms. The molecule has 2 heterocycles. The fourth-order valence-corrected chi connectivity index (χ4v) is 2.15. The Labute approximate surface area is 96.0 Å². The molecule has 0 atom stereocenters. The minimum Gasteiger partial charge on any atom is -0.392 e. The number of fused-ring (bicyclic) bond motifs is 1. The van der Waals surface area contributed by atoms with Gasteiger partial charge in [-0.15, -0.1) is 0 Å². The largest absolute Gasteiger partial charge is 0.392 e. The van der Waals surface area contributed by atoms with Gasteiger partial charge in [-0.1, -0.05) is 6.07 Å². The van der Waals surface area contributed by atoms with Crippen molar-refractivity contribution in [1.82, 2.24) is 13.9 Å². The van der Waals surface area contributed by atoms with Gasteiger partial charge >= 0.3 is 0 Å². The van der Waals surface area contributed by atoms with E-state index in [1.54, 1.807) is 5.51 Å². The van der Waals surface area contributed by atoms with E-state index in [-0.39, 0.29) is 6.61 Å². The molecule has 3 rings (SSSR count). The lowest BCUT2D eigenvalue weighted by atomic mass is 10.2. The van der Waals surface area contributed by atoms with Crippen LogP contribution in [0.4, 0.5) is 0 Å². The summed E-state index contributed by atoms with van der Waals surface area (Å²) in [7, 11) is 0. The maximum atomic E-state index is 9.06. The minimum absolute atomic E-state index is 0.0655. The van der Waals surface area contributed by atoms with E-state index in [0.29, 0.717) is 5.95 Å². The molecule has 2 aromatic heterocycles. The van der Waals surface area contributed by atoms with Gasteiger partial charge in [0.2, 0.25) is 5.95 Å². The third-order valence-corrected chi connectivity index (χ3v) is 2.97. The Morgan fingerprint density at radius 1 is 1.31 bits per heavy atom. The smallest absolute Gasteiger partial charge is 0.245 e. The van der Waals surface area contributed by atoms with Gasteiger partial charge in [-0.05, 0) is 35.3 Å². The highest BCUT2D eigenvalue weighted by Crippen LogP contribution is 2.20. The highest BCUT2D eigenvalue weighted by atomic mass is 32.1. The second-order valence-electron chi connectivity index (χ2n) is 3.47. The summed E-state index contributed by atoms with van der Waals surface area (Å²) >= 11 is 1.33. The topological polar surface area (TPSA) is 50.9 Å². The predicted molar refractivity (Wildman–Crippen MR) is 62.7 cm³/mol. The Morgan fingerprint density at radius 3 is 3.00 bits per heavy atom. The van der Waals surface area contributed by atoms with Crippen LogP contribution in [0.1, 0.15) is 5.56 Å². The number of aliphatic hydroxyl groups is 1. The minimum atomic E-state index is 0.0655. The number of hydrogen-bond acceptors (Lipinski definition) is 4. The summed E-state index contributed by atoms with van der Waals surface area (Å²) in [5.41, 5.74) is 3.68. The molecule has 0 amide bonds. The SMILES string of the molecule is OCc1ccc2c(ccn2-c2ncsn2)c1. The lowest BCUT2D eigenvalue weighted by Gasteiger charge is -2.00. The van der Waals surface area contributed by atoms with Gasteiger partial charge in [-0.2, -0.15) is 4.37 Å². The van der Waals surface area contributed by atoms with Crippen molar-refractivity contribution in [2.24, 2.45) is 0 Å². The number of benzene rings is 1. The molecule has 16 heavy (non-hydrogen) atoms. The van der Waals surface area contributed by atoms with Gasteiger partial charge in [-0.3, -0.25) is 4.57 Å². The van der Waals surface area contributed by atoms with Gasteiger partial charge in [-0.25, -0.2) is 4.98 Å². The number of nitrogens with zero attached hydrogens (tertiary/aromatic N) is 3. The number of aromatic nitrogens is 3. The highest BCUT2D eigenvalue weighted by Gasteiger charge is 2.05. The van der Waals surface area contributed by atoms with E-state index in [1.165, 1.54) is 11.5 Å². The average molecular weight is 231 g/mol. The molecular weight excluding hydrogens is 222 g/mol. The normalized spacial score (nSPS) is 11.1. The third kappa shape index (κ3) is 1.41. The highest BCUT2D eigenvalue weighted by molar-refractivity contribution is 7.03. The van der Waals surface area contributed by atoms with E-state index >= 15 is 0 Å². The lowest BCUT2D eigenvalue weighted by molar-refractivity contribution is 0.282. The van der Waals surface area contributed by atoms with Crippen LogP contribution in [0.2, 0.25) is 0 Å². The zero-order valence-electron chi connectivity index (χ0n) is 8.37. The molecular formula is C11H9N3OS. The van der Waals surface area contributed by atoms with E-state index in [1.807, 2.05) is 35.0 Å². The summed E-state index contributed by atoms with van der Waals surface area (Å²) in [6.45, 7) is 0.0655. The molecule has 1 aromatic carbocycles. The zero-order valence-corrected chi connectivity index (χ0v) is 9.18. The fourth-order valence-electron chi connectivity index (χ4n) is 1.74. The van der Waals surface area contributed by atoms with Crippen LogP contribution in [-0.4, -0.2) is 19.0 Å². The molecule has 0 aliphatic carbocycles. The summed E-state index contributed by atoms with van der Waals surface area (Å²) in [5.74, 6) is 0.691. The van der Waals surface area contributed by atoms with Crippen molar-refractivity contribution in [2.75, 3.05) is 0 Å². The molecule has 0 saturated heterocycles. The maximum absolute atomic E-state index is 9.06. The fraction of sp³-hybridized carbons (Fsp3) is 0.0909. The van der Waals surface area contributed by atoms with E-state index in [2.05, 4.69) is 9.36 Å². The van der Waals surface area contributed by atoms with Crippen LogP contribution in [0.5, 0.6) is 0 Å². The zero-order chi connectivity index (χ0) is 11.0. The first-order valence-corrected chi connectivity index (χ1v) is 5.70. The first kappa shape index (κ1) is 9.50. The van der Waals surface area contributed by atoms with Crippen molar-refractivity contribution in [3.05, 3.63) is 41.5 Å².